The van der Waals surface area contributed by atoms with Crippen LogP contribution in [0.1, 0.15) is 43.6 Å². The lowest BCUT2D eigenvalue weighted by Gasteiger charge is -2.32. The summed E-state index contributed by atoms with van der Waals surface area (Å²) in [5.74, 6) is 2.66. The molecule has 0 bridgehead atoms. The number of nitrogens with zero attached hydrogens (tertiary/aromatic N) is 3. The van der Waals surface area contributed by atoms with Crippen molar-refractivity contribution in [2.45, 2.75) is 45.8 Å². The molecule has 4 aromatic rings. The minimum atomic E-state index is 0.0815. The third kappa shape index (κ3) is 5.35. The van der Waals surface area contributed by atoms with Crippen molar-refractivity contribution < 1.29 is 4.74 Å². The number of hydrogen-bond acceptors (Lipinski definition) is 4. The average Bonchev–Trinajstić information content (AvgIpc) is 3.26. The van der Waals surface area contributed by atoms with Crippen LogP contribution in [0.25, 0.3) is 22.2 Å². The van der Waals surface area contributed by atoms with E-state index in [1.165, 1.54) is 5.56 Å². The summed E-state index contributed by atoms with van der Waals surface area (Å²) in [6, 6.07) is 22.6. The van der Waals surface area contributed by atoms with Crippen LogP contribution < -0.4 is 10.5 Å². The number of rotatable bonds is 7. The number of fused-ring (bicyclic) bond motifs is 1. The second kappa shape index (κ2) is 10.5. The summed E-state index contributed by atoms with van der Waals surface area (Å²) in [6.45, 7) is 6.47. The Balaban J connectivity index is 1.34. The van der Waals surface area contributed by atoms with Crippen LogP contribution in [0.4, 0.5) is 0 Å². The van der Waals surface area contributed by atoms with Crippen molar-refractivity contribution in [2.75, 3.05) is 13.1 Å². The fourth-order valence-electron chi connectivity index (χ4n) is 5.00. The van der Waals surface area contributed by atoms with E-state index >= 15 is 0 Å². The summed E-state index contributed by atoms with van der Waals surface area (Å²) in [4.78, 5) is 6.99. The molecule has 190 valence electrons. The van der Waals surface area contributed by atoms with Gasteiger partial charge in [-0.15, -0.1) is 0 Å². The molecule has 0 spiro atoms. The fraction of sp³-hybridized carbons (Fsp3) is 0.300. The van der Waals surface area contributed by atoms with E-state index in [4.69, 9.17) is 26.3 Å². The van der Waals surface area contributed by atoms with Crippen LogP contribution in [0, 0.1) is 10.8 Å². The standard InChI is InChI=1S/C30H34N6O/c1-3-29-34-27-13-12-26(37-25-14-16-35(17-15-25)20(2)31)18-28(27)36(29)19-21-4-6-22(7-5-21)23-8-10-24(11-9-23)30(32)33/h4-13,18,25,31H,3,14-17,19H2,1-2H3,(H3,32,33). The van der Waals surface area contributed by atoms with E-state index < -0.39 is 0 Å². The van der Waals surface area contributed by atoms with Crippen LogP contribution in [0.5, 0.6) is 5.75 Å². The predicted molar refractivity (Wildman–Crippen MR) is 150 cm³/mol. The molecule has 7 heteroatoms. The normalized spacial score (nSPS) is 14.2. The van der Waals surface area contributed by atoms with Gasteiger partial charge in [0.15, 0.2) is 0 Å². The number of aromatic nitrogens is 2. The number of amidine groups is 2. The van der Waals surface area contributed by atoms with E-state index in [9.17, 15) is 0 Å². The summed E-state index contributed by atoms with van der Waals surface area (Å²) in [7, 11) is 0. The molecule has 0 radical (unpaired) electrons. The number of ether oxygens (including phenoxy) is 1. The Morgan fingerprint density at radius 1 is 0.973 bits per heavy atom. The van der Waals surface area contributed by atoms with E-state index in [1.54, 1.807) is 0 Å². The van der Waals surface area contributed by atoms with Gasteiger partial charge in [-0.25, -0.2) is 4.98 Å². The molecule has 1 aliphatic heterocycles. The van der Waals surface area contributed by atoms with Gasteiger partial charge in [0, 0.05) is 50.5 Å². The first-order valence-electron chi connectivity index (χ1n) is 12.9. The van der Waals surface area contributed by atoms with Crippen molar-refractivity contribution in [3.8, 4) is 16.9 Å². The molecule has 3 aromatic carbocycles. The van der Waals surface area contributed by atoms with Crippen molar-refractivity contribution >= 4 is 22.7 Å². The lowest BCUT2D eigenvalue weighted by molar-refractivity contribution is 0.130. The fourth-order valence-corrected chi connectivity index (χ4v) is 5.00. The van der Waals surface area contributed by atoms with Gasteiger partial charge in [0.2, 0.25) is 0 Å². The topological polar surface area (TPSA) is 104 Å². The molecule has 1 fully saturated rings. The van der Waals surface area contributed by atoms with Crippen LogP contribution in [0.3, 0.4) is 0 Å². The second-order valence-corrected chi connectivity index (χ2v) is 9.70. The summed E-state index contributed by atoms with van der Waals surface area (Å²) in [5.41, 5.74) is 11.8. The molecule has 0 atom stereocenters. The van der Waals surface area contributed by atoms with E-state index in [0.717, 1.165) is 78.2 Å². The lowest BCUT2D eigenvalue weighted by Crippen LogP contribution is -2.40. The van der Waals surface area contributed by atoms with Gasteiger partial charge in [-0.2, -0.15) is 0 Å². The number of nitrogens with two attached hydrogens (primary N) is 1. The third-order valence-electron chi connectivity index (χ3n) is 7.16. The number of piperidine rings is 1. The van der Waals surface area contributed by atoms with E-state index in [-0.39, 0.29) is 11.9 Å². The Hall–Kier alpha value is -4.13. The van der Waals surface area contributed by atoms with Crippen molar-refractivity contribution in [1.82, 2.24) is 14.5 Å². The molecule has 7 nitrogen and oxygen atoms in total. The number of nitrogens with one attached hydrogen (secondary N) is 2. The van der Waals surface area contributed by atoms with Crippen LogP contribution >= 0.6 is 0 Å². The molecule has 5 rings (SSSR count). The van der Waals surface area contributed by atoms with Crippen molar-refractivity contribution in [3.63, 3.8) is 0 Å². The number of nitrogen functional groups attached to an aromatic ring is 1. The van der Waals surface area contributed by atoms with Crippen molar-refractivity contribution in [3.05, 3.63) is 83.7 Å². The van der Waals surface area contributed by atoms with E-state index in [1.807, 2.05) is 37.3 Å². The smallest absolute Gasteiger partial charge is 0.122 e. The van der Waals surface area contributed by atoms with Crippen LogP contribution in [-0.4, -0.2) is 45.3 Å². The molecule has 37 heavy (non-hydrogen) atoms. The largest absolute Gasteiger partial charge is 0.490 e. The monoisotopic (exact) mass is 494 g/mol. The highest BCUT2D eigenvalue weighted by Crippen LogP contribution is 2.27. The molecule has 1 aromatic heterocycles. The number of imidazole rings is 1. The van der Waals surface area contributed by atoms with Crippen LogP contribution in [-0.2, 0) is 13.0 Å². The first-order chi connectivity index (χ1) is 17.9. The maximum absolute atomic E-state index is 7.84. The van der Waals surface area contributed by atoms with Gasteiger partial charge < -0.3 is 19.9 Å². The minimum Gasteiger partial charge on any atom is -0.490 e. The zero-order chi connectivity index (χ0) is 25.9. The first kappa shape index (κ1) is 24.6. The average molecular weight is 495 g/mol. The van der Waals surface area contributed by atoms with Gasteiger partial charge >= 0.3 is 0 Å². The predicted octanol–water partition coefficient (Wildman–Crippen LogP) is 5.44. The molecule has 0 aliphatic carbocycles. The Bertz CT molecular complexity index is 1410. The summed E-state index contributed by atoms with van der Waals surface area (Å²) in [5, 5.41) is 15.4. The Labute approximate surface area is 217 Å². The van der Waals surface area contributed by atoms with E-state index in [0.29, 0.717) is 5.84 Å². The SMILES string of the molecule is CCc1nc2ccc(OC3CCN(C(C)=N)CC3)cc2n1Cc1ccc(-c2ccc(C(=N)N)cc2)cc1. The zero-order valence-corrected chi connectivity index (χ0v) is 21.5. The number of hydrogen-bond donors (Lipinski definition) is 3. The maximum atomic E-state index is 7.84. The van der Waals surface area contributed by atoms with Gasteiger partial charge in [0.25, 0.3) is 0 Å². The van der Waals surface area contributed by atoms with Crippen LogP contribution in [0.2, 0.25) is 0 Å². The minimum absolute atomic E-state index is 0.0815. The summed E-state index contributed by atoms with van der Waals surface area (Å²) < 4.78 is 8.66. The van der Waals surface area contributed by atoms with Gasteiger partial charge in [-0.05, 0) is 35.7 Å². The molecule has 1 saturated heterocycles. The highest BCUT2D eigenvalue weighted by atomic mass is 16.5. The third-order valence-corrected chi connectivity index (χ3v) is 7.16. The second-order valence-electron chi connectivity index (χ2n) is 9.70. The maximum Gasteiger partial charge on any atom is 0.122 e. The highest BCUT2D eigenvalue weighted by molar-refractivity contribution is 5.95. The van der Waals surface area contributed by atoms with Gasteiger partial charge in [0.1, 0.15) is 23.5 Å². The van der Waals surface area contributed by atoms with Crippen molar-refractivity contribution in [2.24, 2.45) is 5.73 Å². The molecule has 1 aliphatic rings. The molecule has 4 N–H and O–H groups in total. The first-order valence-corrected chi connectivity index (χ1v) is 12.9. The number of aryl methyl sites for hydroxylation is 1. The van der Waals surface area contributed by atoms with Gasteiger partial charge in [-0.3, -0.25) is 10.8 Å². The van der Waals surface area contributed by atoms with Gasteiger partial charge in [0.05, 0.1) is 16.9 Å². The molecular weight excluding hydrogens is 460 g/mol. The molecule has 2 heterocycles. The molecule has 0 amide bonds. The molecule has 0 saturated carbocycles. The zero-order valence-electron chi connectivity index (χ0n) is 21.5. The number of likely N-dealkylation sites (tertiary alicyclic amines) is 1. The molecular formula is C30H34N6O. The molecule has 0 unspecified atom stereocenters. The highest BCUT2D eigenvalue weighted by Gasteiger charge is 2.21. The Morgan fingerprint density at radius 3 is 2.22 bits per heavy atom. The van der Waals surface area contributed by atoms with Gasteiger partial charge in [-0.1, -0.05) is 55.5 Å². The quantitative estimate of drug-likeness (QED) is 0.235. The number of benzene rings is 3. The summed E-state index contributed by atoms with van der Waals surface area (Å²) in [6.07, 6.45) is 2.88. The lowest BCUT2D eigenvalue weighted by atomic mass is 10.0. The Kier molecular flexibility index (Phi) is 6.95. The Morgan fingerprint density at radius 2 is 1.62 bits per heavy atom. The van der Waals surface area contributed by atoms with Crippen molar-refractivity contribution in [1.29, 1.82) is 10.8 Å². The summed E-state index contributed by atoms with van der Waals surface area (Å²) >= 11 is 0. The van der Waals surface area contributed by atoms with E-state index in [2.05, 4.69) is 52.8 Å². The van der Waals surface area contributed by atoms with Crippen LogP contribution in [0.15, 0.2) is 66.7 Å².